The zero-order valence-electron chi connectivity index (χ0n) is 16.7. The van der Waals surface area contributed by atoms with E-state index in [9.17, 15) is 4.39 Å². The molecule has 1 saturated heterocycles. The number of fused-ring (bicyclic) bond motifs is 2. The lowest BCUT2D eigenvalue weighted by Gasteiger charge is -2.37. The second-order valence-corrected chi connectivity index (χ2v) is 8.01. The summed E-state index contributed by atoms with van der Waals surface area (Å²) in [5, 5.41) is 9.43. The Bertz CT molecular complexity index is 1210. The number of halogens is 1. The Labute approximate surface area is 168 Å². The maximum atomic E-state index is 14.4. The van der Waals surface area contributed by atoms with E-state index < -0.39 is 0 Å². The van der Waals surface area contributed by atoms with Crippen LogP contribution in [0.15, 0.2) is 42.7 Å². The van der Waals surface area contributed by atoms with E-state index >= 15 is 0 Å². The van der Waals surface area contributed by atoms with Crippen molar-refractivity contribution in [3.8, 4) is 11.4 Å². The molecule has 148 valence electrons. The minimum atomic E-state index is -0.362. The highest BCUT2D eigenvalue weighted by Crippen LogP contribution is 2.27. The van der Waals surface area contributed by atoms with Crippen molar-refractivity contribution >= 4 is 27.5 Å². The van der Waals surface area contributed by atoms with Gasteiger partial charge in [-0.15, -0.1) is 0 Å². The average Bonchev–Trinajstić information content (AvgIpc) is 3.07. The van der Waals surface area contributed by atoms with E-state index in [1.54, 1.807) is 17.9 Å². The van der Waals surface area contributed by atoms with Crippen LogP contribution in [0.25, 0.3) is 33.2 Å². The second-order valence-electron chi connectivity index (χ2n) is 8.01. The Kier molecular flexibility index (Phi) is 4.20. The highest BCUT2D eigenvalue weighted by Gasteiger charge is 2.21. The molecule has 1 fully saturated rings. The van der Waals surface area contributed by atoms with Crippen molar-refractivity contribution in [3.63, 3.8) is 0 Å². The summed E-state index contributed by atoms with van der Waals surface area (Å²) in [6.45, 7) is 6.35. The molecule has 2 atom stereocenters. The first kappa shape index (κ1) is 18.0. The molecule has 2 aromatic carbocycles. The molecule has 0 unspecified atom stereocenters. The summed E-state index contributed by atoms with van der Waals surface area (Å²) < 4.78 is 16.0. The molecule has 1 aliphatic heterocycles. The first-order valence-corrected chi connectivity index (χ1v) is 9.87. The zero-order chi connectivity index (χ0) is 20.1. The van der Waals surface area contributed by atoms with Crippen LogP contribution in [-0.2, 0) is 7.05 Å². The van der Waals surface area contributed by atoms with Crippen LogP contribution in [0.4, 0.5) is 10.1 Å². The minimum Gasteiger partial charge on any atom is -0.368 e. The Morgan fingerprint density at radius 3 is 2.66 bits per heavy atom. The number of anilines is 1. The topological polar surface area (TPSA) is 58.9 Å². The van der Waals surface area contributed by atoms with Crippen molar-refractivity contribution in [1.29, 1.82) is 0 Å². The molecule has 2 aromatic heterocycles. The Morgan fingerprint density at radius 2 is 1.86 bits per heavy atom. The summed E-state index contributed by atoms with van der Waals surface area (Å²) in [4.78, 5) is 11.6. The molecule has 0 spiro atoms. The van der Waals surface area contributed by atoms with Crippen molar-refractivity contribution in [2.75, 3.05) is 18.0 Å². The van der Waals surface area contributed by atoms with Gasteiger partial charge in [0.05, 0.1) is 5.52 Å². The fourth-order valence-electron chi connectivity index (χ4n) is 4.24. The Hall–Kier alpha value is -3.06. The van der Waals surface area contributed by atoms with Gasteiger partial charge in [0.25, 0.3) is 0 Å². The lowest BCUT2D eigenvalue weighted by atomic mass is 10.1. The summed E-state index contributed by atoms with van der Waals surface area (Å²) >= 11 is 0. The molecular formula is C22H23FN6. The predicted octanol–water partition coefficient (Wildman–Crippen LogP) is 3.51. The molecule has 29 heavy (non-hydrogen) atoms. The van der Waals surface area contributed by atoms with Gasteiger partial charge in [0.2, 0.25) is 0 Å². The summed E-state index contributed by atoms with van der Waals surface area (Å²) in [5.74, 6) is 0.151. The number of piperazine rings is 1. The van der Waals surface area contributed by atoms with Crippen molar-refractivity contribution in [3.05, 3.63) is 48.5 Å². The van der Waals surface area contributed by atoms with Crippen molar-refractivity contribution in [2.24, 2.45) is 7.05 Å². The summed E-state index contributed by atoms with van der Waals surface area (Å²) in [5.41, 5.74) is 3.04. The van der Waals surface area contributed by atoms with Crippen molar-refractivity contribution in [1.82, 2.24) is 25.1 Å². The lowest BCUT2D eigenvalue weighted by molar-refractivity contribution is 0.407. The van der Waals surface area contributed by atoms with Gasteiger partial charge >= 0.3 is 0 Å². The van der Waals surface area contributed by atoms with Crippen molar-refractivity contribution < 1.29 is 4.39 Å². The quantitative estimate of drug-likeness (QED) is 0.568. The molecule has 6 nitrogen and oxygen atoms in total. The first-order valence-electron chi connectivity index (χ1n) is 9.87. The predicted molar refractivity (Wildman–Crippen MR) is 113 cm³/mol. The highest BCUT2D eigenvalue weighted by atomic mass is 19.1. The van der Waals surface area contributed by atoms with E-state index in [-0.39, 0.29) is 5.82 Å². The van der Waals surface area contributed by atoms with E-state index in [0.717, 1.165) is 29.4 Å². The molecule has 1 aliphatic rings. The van der Waals surface area contributed by atoms with Gasteiger partial charge in [-0.05, 0) is 44.2 Å². The molecule has 0 radical (unpaired) electrons. The standard InChI is InChI=1S/C22H23FN6/c1-13-10-29(11-14(2)25-13)18-4-5-20-16(7-18)9-24-22(26-20)15-6-17-12-28(3)27-21(17)19(23)8-15/h4-9,12-14,25H,10-11H2,1-3H3/t13-,14+. The monoisotopic (exact) mass is 390 g/mol. The molecule has 4 aromatic rings. The van der Waals surface area contributed by atoms with Crippen LogP contribution >= 0.6 is 0 Å². The number of nitrogens with one attached hydrogen (secondary N) is 1. The summed E-state index contributed by atoms with van der Waals surface area (Å²) in [6, 6.07) is 10.5. The van der Waals surface area contributed by atoms with Gasteiger partial charge < -0.3 is 10.2 Å². The largest absolute Gasteiger partial charge is 0.368 e. The smallest absolute Gasteiger partial charge is 0.159 e. The number of benzene rings is 2. The van der Waals surface area contributed by atoms with Crippen molar-refractivity contribution in [2.45, 2.75) is 25.9 Å². The molecule has 0 saturated carbocycles. The molecule has 0 amide bonds. The molecule has 1 N–H and O–H groups in total. The zero-order valence-corrected chi connectivity index (χ0v) is 16.7. The molecule has 5 rings (SSSR count). The van der Waals surface area contributed by atoms with Crippen LogP contribution in [0, 0.1) is 5.82 Å². The number of nitrogens with zero attached hydrogens (tertiary/aromatic N) is 5. The van der Waals surface area contributed by atoms with E-state index in [4.69, 9.17) is 0 Å². The normalized spacial score (nSPS) is 19.9. The SMILES string of the molecule is C[C@@H]1CN(c2ccc3nc(-c4cc(F)c5nn(C)cc5c4)ncc3c2)C[C@H](C)N1. The Balaban J connectivity index is 1.51. The van der Waals surface area contributed by atoms with Gasteiger partial charge in [-0.2, -0.15) is 5.10 Å². The van der Waals surface area contributed by atoms with Crippen LogP contribution in [0.5, 0.6) is 0 Å². The molecule has 3 heterocycles. The van der Waals surface area contributed by atoms with Crippen LogP contribution < -0.4 is 10.2 Å². The van der Waals surface area contributed by atoms with Gasteiger partial charge in [0.1, 0.15) is 5.52 Å². The maximum Gasteiger partial charge on any atom is 0.159 e. The summed E-state index contributed by atoms with van der Waals surface area (Å²) in [7, 11) is 1.78. The molecule has 0 bridgehead atoms. The van der Waals surface area contributed by atoms with E-state index in [0.29, 0.717) is 29.0 Å². The molecule has 7 heteroatoms. The van der Waals surface area contributed by atoms with Gasteiger partial charge in [0, 0.05) is 66.6 Å². The maximum absolute atomic E-state index is 14.4. The number of aryl methyl sites for hydroxylation is 1. The summed E-state index contributed by atoms with van der Waals surface area (Å²) in [6.07, 6.45) is 3.62. The lowest BCUT2D eigenvalue weighted by Crippen LogP contribution is -2.54. The van der Waals surface area contributed by atoms with Gasteiger partial charge in [-0.3, -0.25) is 4.68 Å². The van der Waals surface area contributed by atoms with Gasteiger partial charge in [-0.25, -0.2) is 14.4 Å². The van der Waals surface area contributed by atoms with Crippen LogP contribution in [0.1, 0.15) is 13.8 Å². The number of rotatable bonds is 2. The average molecular weight is 390 g/mol. The fourth-order valence-corrected chi connectivity index (χ4v) is 4.24. The Morgan fingerprint density at radius 1 is 1.07 bits per heavy atom. The minimum absolute atomic E-state index is 0.362. The third kappa shape index (κ3) is 3.31. The van der Waals surface area contributed by atoms with Crippen LogP contribution in [0.3, 0.4) is 0 Å². The third-order valence-electron chi connectivity index (χ3n) is 5.42. The highest BCUT2D eigenvalue weighted by molar-refractivity contribution is 5.86. The fraction of sp³-hybridized carbons (Fsp3) is 0.318. The first-order chi connectivity index (χ1) is 14.0. The molecular weight excluding hydrogens is 367 g/mol. The molecule has 0 aliphatic carbocycles. The van der Waals surface area contributed by atoms with E-state index in [2.05, 4.69) is 51.3 Å². The van der Waals surface area contributed by atoms with E-state index in [1.807, 2.05) is 18.3 Å². The van der Waals surface area contributed by atoms with Crippen LogP contribution in [0.2, 0.25) is 0 Å². The second kappa shape index (κ2) is 6.77. The van der Waals surface area contributed by atoms with Crippen LogP contribution in [-0.4, -0.2) is 44.9 Å². The third-order valence-corrected chi connectivity index (χ3v) is 5.42. The van der Waals surface area contributed by atoms with Gasteiger partial charge in [-0.1, -0.05) is 0 Å². The number of hydrogen-bond donors (Lipinski definition) is 1. The number of hydrogen-bond acceptors (Lipinski definition) is 5. The van der Waals surface area contributed by atoms with E-state index in [1.165, 1.54) is 11.8 Å². The van der Waals surface area contributed by atoms with Gasteiger partial charge in [0.15, 0.2) is 11.6 Å². The number of aromatic nitrogens is 4.